The van der Waals surface area contributed by atoms with Crippen LogP contribution in [0.25, 0.3) is 0 Å². The molecule has 0 spiro atoms. The lowest BCUT2D eigenvalue weighted by molar-refractivity contribution is -0.148. The normalized spacial score (nSPS) is 17.2. The second-order valence-electron chi connectivity index (χ2n) is 7.84. The highest BCUT2D eigenvalue weighted by Gasteiger charge is 2.32. The van der Waals surface area contributed by atoms with E-state index in [1.807, 2.05) is 18.2 Å². The van der Waals surface area contributed by atoms with Crippen LogP contribution in [0.15, 0.2) is 39.1 Å². The van der Waals surface area contributed by atoms with Gasteiger partial charge in [-0.3, -0.25) is 9.69 Å². The largest absolute Gasteiger partial charge is 0.481 e. The lowest BCUT2D eigenvalue weighted by Gasteiger charge is -2.38. The molecule has 6 nitrogen and oxygen atoms in total. The van der Waals surface area contributed by atoms with Gasteiger partial charge in [-0.05, 0) is 43.5 Å². The molecule has 2 aliphatic heterocycles. The van der Waals surface area contributed by atoms with Crippen LogP contribution in [-0.2, 0) is 4.79 Å². The minimum Gasteiger partial charge on any atom is -0.481 e. The maximum atomic E-state index is 11.4. The molecule has 1 fully saturated rings. The van der Waals surface area contributed by atoms with Crippen molar-refractivity contribution >= 4 is 55.4 Å². The van der Waals surface area contributed by atoms with Crippen molar-refractivity contribution in [1.29, 1.82) is 0 Å². The first kappa shape index (κ1) is 19.4. The molecule has 1 aromatic heterocycles. The predicted molar refractivity (Wildman–Crippen MR) is 117 cm³/mol. The van der Waals surface area contributed by atoms with Crippen molar-refractivity contribution < 1.29 is 9.90 Å². The number of hydrogen-bond donors (Lipinski definition) is 2. The summed E-state index contributed by atoms with van der Waals surface area (Å²) in [5, 5.41) is 16.1. The van der Waals surface area contributed by atoms with E-state index in [4.69, 9.17) is 4.99 Å². The minimum atomic E-state index is -0.751. The molecule has 2 aromatic rings. The summed E-state index contributed by atoms with van der Waals surface area (Å²) in [6.07, 6.45) is 0. The molecule has 2 aliphatic rings. The second kappa shape index (κ2) is 7.50. The fourth-order valence-electron chi connectivity index (χ4n) is 3.57. The van der Waals surface area contributed by atoms with Gasteiger partial charge in [0.2, 0.25) is 0 Å². The molecular formula is C20H23BrN4O2S. The highest BCUT2D eigenvalue weighted by molar-refractivity contribution is 9.10. The van der Waals surface area contributed by atoms with Gasteiger partial charge in [0, 0.05) is 37.2 Å². The summed E-state index contributed by atoms with van der Waals surface area (Å²) in [6.45, 7) is 7.44. The van der Waals surface area contributed by atoms with Crippen molar-refractivity contribution in [3.63, 3.8) is 0 Å². The Morgan fingerprint density at radius 1 is 1.29 bits per heavy atom. The molecule has 1 saturated heterocycles. The van der Waals surface area contributed by atoms with Crippen molar-refractivity contribution in [2.45, 2.75) is 13.8 Å². The van der Waals surface area contributed by atoms with E-state index in [0.717, 1.165) is 58.4 Å². The fourth-order valence-corrected chi connectivity index (χ4v) is 4.71. The third-order valence-corrected chi connectivity index (χ3v) is 6.53. The minimum absolute atomic E-state index is 0.559. The molecule has 148 valence electrons. The van der Waals surface area contributed by atoms with Gasteiger partial charge in [0.05, 0.1) is 22.4 Å². The number of anilines is 2. The smallest absolute Gasteiger partial charge is 0.310 e. The molecular weight excluding hydrogens is 440 g/mol. The quantitative estimate of drug-likeness (QED) is 0.708. The van der Waals surface area contributed by atoms with Crippen LogP contribution in [0.2, 0.25) is 0 Å². The van der Waals surface area contributed by atoms with E-state index in [9.17, 15) is 9.90 Å². The van der Waals surface area contributed by atoms with Crippen molar-refractivity contribution in [3.05, 3.63) is 39.7 Å². The third kappa shape index (κ3) is 3.81. The number of rotatable bonds is 3. The van der Waals surface area contributed by atoms with Gasteiger partial charge in [-0.1, -0.05) is 15.9 Å². The molecule has 0 amide bonds. The number of carbonyl (C=O) groups is 1. The number of nitrogens with one attached hydrogen (secondary N) is 1. The number of benzene rings is 1. The first-order valence-electron chi connectivity index (χ1n) is 9.27. The number of hydrogen-bond acceptors (Lipinski definition) is 6. The molecule has 3 heterocycles. The maximum absolute atomic E-state index is 11.4. The summed E-state index contributed by atoms with van der Waals surface area (Å²) in [5.41, 5.74) is 2.31. The number of fused-ring (bicyclic) bond motifs is 2. The van der Waals surface area contributed by atoms with Crippen LogP contribution < -0.4 is 5.32 Å². The van der Waals surface area contributed by atoms with Crippen molar-refractivity contribution in [2.24, 2.45) is 10.4 Å². The Labute approximate surface area is 177 Å². The number of thiophene rings is 1. The number of nitrogens with zero attached hydrogens (tertiary/aromatic N) is 3. The van der Waals surface area contributed by atoms with Crippen molar-refractivity contribution in [3.8, 4) is 0 Å². The molecule has 8 heteroatoms. The Morgan fingerprint density at radius 2 is 2.04 bits per heavy atom. The van der Waals surface area contributed by atoms with Crippen LogP contribution in [0.4, 0.5) is 16.4 Å². The van der Waals surface area contributed by atoms with Gasteiger partial charge >= 0.3 is 5.97 Å². The maximum Gasteiger partial charge on any atom is 0.310 e. The van der Waals surface area contributed by atoms with E-state index in [1.54, 1.807) is 25.2 Å². The zero-order valence-electron chi connectivity index (χ0n) is 15.9. The van der Waals surface area contributed by atoms with Gasteiger partial charge < -0.3 is 15.3 Å². The Balaban J connectivity index is 1.57. The zero-order chi connectivity index (χ0) is 19.9. The number of carboxylic acids is 1. The molecule has 0 saturated carbocycles. The van der Waals surface area contributed by atoms with E-state index in [-0.39, 0.29) is 0 Å². The predicted octanol–water partition coefficient (Wildman–Crippen LogP) is 4.37. The molecule has 0 radical (unpaired) electrons. The van der Waals surface area contributed by atoms with Gasteiger partial charge in [-0.15, -0.1) is 11.3 Å². The van der Waals surface area contributed by atoms with Crippen LogP contribution in [-0.4, -0.2) is 59.4 Å². The SMILES string of the molecule is CC(C)(CN1CCN(C2=Nc3cc(Br)ccc3Nc3sccc32)CC1)C(=O)O. The molecule has 0 atom stereocenters. The van der Waals surface area contributed by atoms with E-state index in [1.165, 1.54) is 0 Å². The first-order valence-corrected chi connectivity index (χ1v) is 10.9. The Hall–Kier alpha value is -1.90. The number of amidine groups is 1. The fraction of sp³-hybridized carbons (Fsp3) is 0.400. The van der Waals surface area contributed by atoms with Gasteiger partial charge in [0.25, 0.3) is 0 Å². The molecule has 1 aromatic carbocycles. The lowest BCUT2D eigenvalue weighted by Crippen LogP contribution is -2.52. The van der Waals surface area contributed by atoms with Crippen molar-refractivity contribution in [2.75, 3.05) is 38.0 Å². The number of halogens is 1. The highest BCUT2D eigenvalue weighted by Crippen LogP contribution is 2.39. The van der Waals surface area contributed by atoms with Crippen LogP contribution in [0, 0.1) is 5.41 Å². The first-order chi connectivity index (χ1) is 13.3. The van der Waals surface area contributed by atoms with Crippen LogP contribution in [0.3, 0.4) is 0 Å². The Bertz CT molecular complexity index is 932. The van der Waals surface area contributed by atoms with E-state index >= 15 is 0 Å². The summed E-state index contributed by atoms with van der Waals surface area (Å²) in [4.78, 5) is 21.0. The summed E-state index contributed by atoms with van der Waals surface area (Å²) in [5.74, 6) is 0.233. The van der Waals surface area contributed by atoms with Crippen LogP contribution in [0.5, 0.6) is 0 Å². The van der Waals surface area contributed by atoms with Crippen molar-refractivity contribution in [1.82, 2.24) is 9.80 Å². The lowest BCUT2D eigenvalue weighted by atomic mass is 9.93. The standard InChI is InChI=1S/C20H23BrN4O2S/c1-20(2,19(26)27)12-24-6-8-25(9-7-24)17-14-5-10-28-18(14)23-15-4-3-13(21)11-16(15)22-17/h3-5,10-11,23H,6-9,12H2,1-2H3,(H,26,27). The van der Waals surface area contributed by atoms with Gasteiger partial charge in [-0.2, -0.15) is 0 Å². The summed E-state index contributed by atoms with van der Waals surface area (Å²) in [7, 11) is 0. The number of carboxylic acid groups (broad SMARTS) is 1. The topological polar surface area (TPSA) is 68.2 Å². The molecule has 28 heavy (non-hydrogen) atoms. The highest BCUT2D eigenvalue weighted by atomic mass is 79.9. The second-order valence-corrected chi connectivity index (χ2v) is 9.67. The van der Waals surface area contributed by atoms with E-state index in [0.29, 0.717) is 6.54 Å². The third-order valence-electron chi connectivity index (χ3n) is 5.21. The summed E-state index contributed by atoms with van der Waals surface area (Å²) in [6, 6.07) is 8.21. The zero-order valence-corrected chi connectivity index (χ0v) is 18.3. The monoisotopic (exact) mass is 462 g/mol. The molecule has 4 rings (SSSR count). The van der Waals surface area contributed by atoms with E-state index in [2.05, 4.69) is 42.5 Å². The molecule has 0 bridgehead atoms. The van der Waals surface area contributed by atoms with E-state index < -0.39 is 11.4 Å². The average molecular weight is 463 g/mol. The number of aliphatic carboxylic acids is 1. The summed E-state index contributed by atoms with van der Waals surface area (Å²) >= 11 is 5.22. The van der Waals surface area contributed by atoms with Gasteiger partial charge in [0.1, 0.15) is 10.8 Å². The van der Waals surface area contributed by atoms with Crippen LogP contribution >= 0.6 is 27.3 Å². The molecule has 0 aliphatic carbocycles. The van der Waals surface area contributed by atoms with Crippen LogP contribution in [0.1, 0.15) is 19.4 Å². The van der Waals surface area contributed by atoms with Gasteiger partial charge in [-0.25, -0.2) is 4.99 Å². The average Bonchev–Trinajstić information content (AvgIpc) is 3.04. The Kier molecular flexibility index (Phi) is 5.20. The van der Waals surface area contributed by atoms with Gasteiger partial charge in [0.15, 0.2) is 0 Å². The summed E-state index contributed by atoms with van der Waals surface area (Å²) < 4.78 is 1.00. The number of aliphatic imine (C=N–C) groups is 1. The number of piperazine rings is 1. The Morgan fingerprint density at radius 3 is 2.75 bits per heavy atom. The molecule has 2 N–H and O–H groups in total. The molecule has 0 unspecified atom stereocenters.